The monoisotopic (exact) mass is 697 g/mol. The minimum Gasteiger partial charge on any atom is -0.444 e. The van der Waals surface area contributed by atoms with E-state index in [4.69, 9.17) is 16.3 Å². The molecule has 256 valence electrons. The van der Waals surface area contributed by atoms with Crippen LogP contribution in [0.1, 0.15) is 52.9 Å². The number of hydrogen-bond acceptors (Lipinski definition) is 10. The fourth-order valence-corrected chi connectivity index (χ4v) is 7.36. The van der Waals surface area contributed by atoms with E-state index in [1.165, 1.54) is 30.0 Å². The average Bonchev–Trinajstić information content (AvgIpc) is 2.99. The summed E-state index contributed by atoms with van der Waals surface area (Å²) in [5.41, 5.74) is 0.998. The van der Waals surface area contributed by atoms with E-state index < -0.39 is 11.4 Å². The van der Waals surface area contributed by atoms with Crippen LogP contribution < -0.4 is 10.6 Å². The molecule has 3 aromatic rings. The third-order valence-electron chi connectivity index (χ3n) is 9.16. The van der Waals surface area contributed by atoms with Crippen LogP contribution in [0, 0.1) is 11.7 Å². The van der Waals surface area contributed by atoms with Gasteiger partial charge in [-0.1, -0.05) is 11.6 Å². The van der Waals surface area contributed by atoms with Gasteiger partial charge in [0, 0.05) is 65.9 Å². The van der Waals surface area contributed by atoms with Crippen LogP contribution in [0.25, 0.3) is 11.3 Å². The highest BCUT2D eigenvalue weighted by atomic mass is 35.5. The van der Waals surface area contributed by atoms with Crippen molar-refractivity contribution in [1.29, 1.82) is 0 Å². The molecule has 48 heavy (non-hydrogen) atoms. The van der Waals surface area contributed by atoms with Crippen molar-refractivity contribution >= 4 is 52.6 Å². The lowest BCUT2D eigenvalue weighted by Gasteiger charge is -2.58. The van der Waals surface area contributed by atoms with E-state index in [9.17, 15) is 19.1 Å². The Morgan fingerprint density at radius 3 is 2.65 bits per heavy atom. The first-order chi connectivity index (χ1) is 22.9. The van der Waals surface area contributed by atoms with E-state index in [2.05, 4.69) is 30.7 Å². The number of thioether (sulfide) groups is 1. The van der Waals surface area contributed by atoms with E-state index in [0.29, 0.717) is 51.3 Å². The third kappa shape index (κ3) is 7.69. The Balaban J connectivity index is 1.07. The highest BCUT2D eigenvalue weighted by molar-refractivity contribution is 7.99. The molecule has 11 nitrogen and oxygen atoms in total. The van der Waals surface area contributed by atoms with Gasteiger partial charge in [-0.2, -0.15) is 0 Å². The number of benzene rings is 1. The molecule has 0 radical (unpaired) electrons. The largest absolute Gasteiger partial charge is 0.444 e. The molecule has 3 aliphatic rings. The first-order valence-corrected chi connectivity index (χ1v) is 17.6. The summed E-state index contributed by atoms with van der Waals surface area (Å²) in [7, 11) is 0. The molecule has 6 rings (SSSR count). The van der Waals surface area contributed by atoms with Crippen LogP contribution in [-0.4, -0.2) is 91.3 Å². The van der Waals surface area contributed by atoms with Crippen molar-refractivity contribution in [2.45, 2.75) is 75.1 Å². The average molecular weight is 698 g/mol. The molecule has 3 heterocycles. The summed E-state index contributed by atoms with van der Waals surface area (Å²) < 4.78 is 20.3. The predicted octanol–water partition coefficient (Wildman–Crippen LogP) is 6.35. The second-order valence-electron chi connectivity index (χ2n) is 13.7. The summed E-state index contributed by atoms with van der Waals surface area (Å²) in [5.74, 6) is 0.115. The molecule has 1 saturated heterocycles. The molecule has 0 unspecified atom stereocenters. The van der Waals surface area contributed by atoms with Crippen molar-refractivity contribution in [2.75, 3.05) is 42.6 Å². The van der Waals surface area contributed by atoms with Gasteiger partial charge < -0.3 is 20.5 Å². The quantitative estimate of drug-likeness (QED) is 0.217. The summed E-state index contributed by atoms with van der Waals surface area (Å²) in [6, 6.07) is 9.69. The Labute approximate surface area is 289 Å². The van der Waals surface area contributed by atoms with Crippen LogP contribution in [-0.2, 0) is 9.53 Å². The molecule has 2 aromatic heterocycles. The summed E-state index contributed by atoms with van der Waals surface area (Å²) in [6.07, 6.45) is 5.93. The van der Waals surface area contributed by atoms with Crippen LogP contribution in [0.15, 0.2) is 47.6 Å². The van der Waals surface area contributed by atoms with Crippen LogP contribution in [0.4, 0.5) is 26.4 Å². The van der Waals surface area contributed by atoms with Crippen molar-refractivity contribution in [1.82, 2.24) is 25.0 Å². The number of aromatic nitrogens is 3. The van der Waals surface area contributed by atoms with Gasteiger partial charge in [0.15, 0.2) is 0 Å². The van der Waals surface area contributed by atoms with Crippen molar-refractivity contribution in [3.63, 3.8) is 0 Å². The maximum absolute atomic E-state index is 14.6. The number of hydrogen-bond donors (Lipinski definition) is 3. The smallest absolute Gasteiger partial charge is 0.410 e. The number of rotatable bonds is 9. The van der Waals surface area contributed by atoms with Crippen molar-refractivity contribution in [3.8, 4) is 11.3 Å². The van der Waals surface area contributed by atoms with E-state index >= 15 is 0 Å². The highest BCUT2D eigenvalue weighted by Gasteiger charge is 2.52. The lowest BCUT2D eigenvalue weighted by molar-refractivity contribution is -0.127. The predicted molar refractivity (Wildman–Crippen MR) is 184 cm³/mol. The minimum absolute atomic E-state index is 0.0485. The number of pyridine rings is 1. The van der Waals surface area contributed by atoms with Crippen molar-refractivity contribution in [2.24, 2.45) is 5.92 Å². The van der Waals surface area contributed by atoms with Gasteiger partial charge in [0.2, 0.25) is 5.91 Å². The van der Waals surface area contributed by atoms with Crippen LogP contribution in [0.3, 0.4) is 0 Å². The lowest BCUT2D eigenvalue weighted by Crippen LogP contribution is -2.69. The van der Waals surface area contributed by atoms with E-state index in [0.717, 1.165) is 45.2 Å². The zero-order chi connectivity index (χ0) is 34.1. The fraction of sp³-hybridized carbons (Fsp3) is 0.500. The summed E-state index contributed by atoms with van der Waals surface area (Å²) in [5, 5.41) is 25.0. The molecule has 3 fully saturated rings. The zero-order valence-electron chi connectivity index (χ0n) is 27.3. The molecule has 0 atom stereocenters. The molecule has 1 aliphatic heterocycles. The van der Waals surface area contributed by atoms with Crippen molar-refractivity contribution in [3.05, 3.63) is 53.4 Å². The van der Waals surface area contributed by atoms with E-state index in [1.807, 2.05) is 25.7 Å². The van der Waals surface area contributed by atoms with Gasteiger partial charge in [-0.3, -0.25) is 14.6 Å². The molecule has 0 bridgehead atoms. The van der Waals surface area contributed by atoms with Gasteiger partial charge >= 0.3 is 6.09 Å². The first-order valence-electron chi connectivity index (χ1n) is 16.3. The lowest BCUT2D eigenvalue weighted by atomic mass is 9.71. The SMILES string of the molecule is CC(C)(C)OC(=O)N1CCN(C2CC(C(=O)Nc3cc(Nc4cc(-c5cc(Cl)ccc5F)nnc4SCCO)ccn3)C2)CC12CCC2. The van der Waals surface area contributed by atoms with Gasteiger partial charge in [0.1, 0.15) is 22.3 Å². The van der Waals surface area contributed by atoms with Crippen LogP contribution in [0.5, 0.6) is 0 Å². The fourth-order valence-electron chi connectivity index (χ4n) is 6.54. The summed E-state index contributed by atoms with van der Waals surface area (Å²) in [6.45, 7) is 7.85. The Hall–Kier alpha value is -3.52. The van der Waals surface area contributed by atoms with Gasteiger partial charge in [-0.15, -0.1) is 22.0 Å². The number of carbonyl (C=O) groups is 2. The molecule has 3 N–H and O–H groups in total. The van der Waals surface area contributed by atoms with Crippen LogP contribution in [0.2, 0.25) is 5.02 Å². The number of piperazine rings is 1. The second-order valence-corrected chi connectivity index (χ2v) is 15.2. The number of carbonyl (C=O) groups excluding carboxylic acids is 2. The minimum atomic E-state index is -0.529. The van der Waals surface area contributed by atoms with Gasteiger partial charge in [0.25, 0.3) is 0 Å². The maximum atomic E-state index is 14.6. The normalized spacial score (nSPS) is 20.5. The Morgan fingerprint density at radius 2 is 1.94 bits per heavy atom. The standard InChI is InChI=1S/C34H41ClFN7O4S/c1-33(2,3)47-32(46)43-12-11-42(20-34(43)8-4-9-34)24-15-21(16-24)30(45)39-29-18-23(7-10-37-29)38-28-19-27(40-41-31(28)48-14-13-44)25-17-22(35)5-6-26(25)36/h5-7,10,17-19,21,24,44H,4,8-9,11-16,20H2,1-3H3,(H2,37,38,39,40,45). The molecule has 2 amide bonds. The van der Waals surface area contributed by atoms with Crippen molar-refractivity contribution < 1.29 is 23.8 Å². The number of ether oxygens (including phenoxy) is 1. The van der Waals surface area contributed by atoms with Gasteiger partial charge in [-0.25, -0.2) is 14.2 Å². The number of aliphatic hydroxyl groups is 1. The molecular formula is C34H41ClFN7O4S. The zero-order valence-corrected chi connectivity index (χ0v) is 28.9. The Bertz CT molecular complexity index is 1660. The molecule has 1 spiro atoms. The molecule has 14 heteroatoms. The first kappa shape index (κ1) is 34.3. The molecule has 2 saturated carbocycles. The second kappa shape index (κ2) is 14.1. The highest BCUT2D eigenvalue weighted by Crippen LogP contribution is 2.44. The van der Waals surface area contributed by atoms with Crippen LogP contribution >= 0.6 is 23.4 Å². The van der Waals surface area contributed by atoms with E-state index in [-0.39, 0.29) is 35.6 Å². The van der Waals surface area contributed by atoms with E-state index in [1.54, 1.807) is 24.4 Å². The number of nitrogens with one attached hydrogen (secondary N) is 2. The maximum Gasteiger partial charge on any atom is 0.410 e. The molecular weight excluding hydrogens is 657 g/mol. The summed E-state index contributed by atoms with van der Waals surface area (Å²) in [4.78, 5) is 35.0. The third-order valence-corrected chi connectivity index (χ3v) is 10.4. The molecule has 2 aliphatic carbocycles. The number of anilines is 3. The Morgan fingerprint density at radius 1 is 1.15 bits per heavy atom. The van der Waals surface area contributed by atoms with Gasteiger partial charge in [0.05, 0.1) is 23.5 Å². The van der Waals surface area contributed by atoms with Gasteiger partial charge in [-0.05, 0) is 83.2 Å². The number of amides is 2. The topological polar surface area (TPSA) is 133 Å². The number of nitrogens with zero attached hydrogens (tertiary/aromatic N) is 5. The Kier molecular flexibility index (Phi) is 10.1. The summed E-state index contributed by atoms with van der Waals surface area (Å²) >= 11 is 7.41. The number of aliphatic hydroxyl groups excluding tert-OH is 1. The molecule has 1 aromatic carbocycles. The number of halogens is 2.